The molecular formula is C12H11ClN4. The lowest BCUT2D eigenvalue weighted by Crippen LogP contribution is -2.05. The van der Waals surface area contributed by atoms with Gasteiger partial charge in [-0.25, -0.2) is 0 Å². The van der Waals surface area contributed by atoms with E-state index >= 15 is 0 Å². The van der Waals surface area contributed by atoms with Crippen molar-refractivity contribution in [2.45, 2.75) is 6.54 Å². The number of aromatic nitrogens is 2. The summed E-state index contributed by atoms with van der Waals surface area (Å²) in [5, 5.41) is 16.7. The predicted molar refractivity (Wildman–Crippen MR) is 66.7 cm³/mol. The van der Waals surface area contributed by atoms with Gasteiger partial charge in [0.2, 0.25) is 0 Å². The Labute approximate surface area is 104 Å². The Kier molecular flexibility index (Phi) is 3.31. The summed E-state index contributed by atoms with van der Waals surface area (Å²) in [7, 11) is 1.88. The molecule has 0 saturated heterocycles. The minimum atomic E-state index is 0.585. The molecule has 0 aliphatic rings. The van der Waals surface area contributed by atoms with Gasteiger partial charge in [-0.3, -0.25) is 4.68 Å². The third-order valence-electron chi connectivity index (χ3n) is 2.48. The number of hydrogen-bond donors (Lipinski definition) is 1. The van der Waals surface area contributed by atoms with E-state index in [0.29, 0.717) is 17.1 Å². The van der Waals surface area contributed by atoms with Gasteiger partial charge < -0.3 is 5.32 Å². The van der Waals surface area contributed by atoms with Gasteiger partial charge in [-0.2, -0.15) is 10.4 Å². The van der Waals surface area contributed by atoms with E-state index in [4.69, 9.17) is 16.9 Å². The van der Waals surface area contributed by atoms with Crippen molar-refractivity contribution in [3.63, 3.8) is 0 Å². The lowest BCUT2D eigenvalue weighted by molar-refractivity contribution is 0.720. The molecule has 2 rings (SSSR count). The Morgan fingerprint density at radius 1 is 1.47 bits per heavy atom. The summed E-state index contributed by atoms with van der Waals surface area (Å²) in [5.74, 6) is 0. The molecule has 0 aliphatic heterocycles. The van der Waals surface area contributed by atoms with E-state index in [9.17, 15) is 0 Å². The van der Waals surface area contributed by atoms with Crippen LogP contribution in [0.1, 0.15) is 11.3 Å². The van der Waals surface area contributed by atoms with E-state index in [0.717, 1.165) is 11.4 Å². The van der Waals surface area contributed by atoms with Crippen molar-refractivity contribution in [1.29, 1.82) is 5.26 Å². The van der Waals surface area contributed by atoms with Gasteiger partial charge >= 0.3 is 0 Å². The van der Waals surface area contributed by atoms with E-state index in [1.807, 2.05) is 13.1 Å². The molecule has 0 saturated carbocycles. The molecule has 86 valence electrons. The zero-order valence-electron chi connectivity index (χ0n) is 9.31. The van der Waals surface area contributed by atoms with Gasteiger partial charge in [0.1, 0.15) is 0 Å². The molecule has 0 spiro atoms. The van der Waals surface area contributed by atoms with Crippen LogP contribution in [0.5, 0.6) is 0 Å². The van der Waals surface area contributed by atoms with Crippen LogP contribution in [0.25, 0.3) is 0 Å². The maximum Gasteiger partial charge on any atom is 0.0992 e. The van der Waals surface area contributed by atoms with Crippen molar-refractivity contribution in [1.82, 2.24) is 9.78 Å². The summed E-state index contributed by atoms with van der Waals surface area (Å²) in [6, 6.07) is 9.15. The van der Waals surface area contributed by atoms with Crippen LogP contribution in [0, 0.1) is 11.3 Å². The number of nitrogens with zero attached hydrogens (tertiary/aromatic N) is 3. The van der Waals surface area contributed by atoms with Crippen LogP contribution >= 0.6 is 11.6 Å². The standard InChI is InChI=1S/C12H11ClN4/c1-17-10(4-5-16-17)8-15-12-6-9(7-14)2-3-11(12)13/h2-6,15H,8H2,1H3. The van der Waals surface area contributed by atoms with Gasteiger partial charge in [0.15, 0.2) is 0 Å². The number of hydrogen-bond acceptors (Lipinski definition) is 3. The van der Waals surface area contributed by atoms with E-state index < -0.39 is 0 Å². The van der Waals surface area contributed by atoms with Gasteiger partial charge in [0.05, 0.1) is 34.6 Å². The van der Waals surface area contributed by atoms with E-state index in [2.05, 4.69) is 16.5 Å². The van der Waals surface area contributed by atoms with Crippen LogP contribution in [0.2, 0.25) is 5.02 Å². The van der Waals surface area contributed by atoms with Crippen molar-refractivity contribution in [2.24, 2.45) is 7.05 Å². The number of nitrogens with one attached hydrogen (secondary N) is 1. The normalized spacial score (nSPS) is 9.94. The Hall–Kier alpha value is -1.99. The monoisotopic (exact) mass is 246 g/mol. The highest BCUT2D eigenvalue weighted by molar-refractivity contribution is 6.33. The molecule has 0 fully saturated rings. The molecule has 0 amide bonds. The van der Waals surface area contributed by atoms with Gasteiger partial charge in [0, 0.05) is 13.2 Å². The quantitative estimate of drug-likeness (QED) is 0.906. The third-order valence-corrected chi connectivity index (χ3v) is 2.81. The van der Waals surface area contributed by atoms with Gasteiger partial charge in [-0.15, -0.1) is 0 Å². The number of halogens is 1. The Balaban J connectivity index is 2.14. The Morgan fingerprint density at radius 3 is 2.94 bits per heavy atom. The summed E-state index contributed by atoms with van der Waals surface area (Å²) in [6.07, 6.45) is 1.74. The lowest BCUT2D eigenvalue weighted by atomic mass is 10.2. The van der Waals surface area contributed by atoms with Gasteiger partial charge in [-0.05, 0) is 24.3 Å². The van der Waals surface area contributed by atoms with Crippen LogP contribution in [0.15, 0.2) is 30.5 Å². The molecule has 2 aromatic rings. The molecule has 0 bridgehead atoms. The zero-order chi connectivity index (χ0) is 12.3. The summed E-state index contributed by atoms with van der Waals surface area (Å²) in [5.41, 5.74) is 2.39. The summed E-state index contributed by atoms with van der Waals surface area (Å²) >= 11 is 6.04. The van der Waals surface area contributed by atoms with E-state index in [-0.39, 0.29) is 0 Å². The fourth-order valence-corrected chi connectivity index (χ4v) is 1.68. The highest BCUT2D eigenvalue weighted by Crippen LogP contribution is 2.23. The van der Waals surface area contributed by atoms with Gasteiger partial charge in [-0.1, -0.05) is 11.6 Å². The molecule has 0 aliphatic carbocycles. The fraction of sp³-hybridized carbons (Fsp3) is 0.167. The molecule has 0 unspecified atom stereocenters. The number of rotatable bonds is 3. The van der Waals surface area contributed by atoms with Crippen LogP contribution in [0.3, 0.4) is 0 Å². The maximum absolute atomic E-state index is 8.81. The second kappa shape index (κ2) is 4.89. The van der Waals surface area contributed by atoms with E-state index in [1.54, 1.807) is 29.1 Å². The van der Waals surface area contributed by atoms with Gasteiger partial charge in [0.25, 0.3) is 0 Å². The predicted octanol–water partition coefficient (Wildman–Crippen LogP) is 2.56. The second-order valence-corrected chi connectivity index (χ2v) is 4.01. The first kappa shape index (κ1) is 11.5. The fourth-order valence-electron chi connectivity index (χ4n) is 1.49. The van der Waals surface area contributed by atoms with Crippen LogP contribution < -0.4 is 5.32 Å². The van der Waals surface area contributed by atoms with Crippen molar-refractivity contribution in [3.05, 3.63) is 46.7 Å². The smallest absolute Gasteiger partial charge is 0.0992 e. The first-order valence-corrected chi connectivity index (χ1v) is 5.49. The lowest BCUT2D eigenvalue weighted by Gasteiger charge is -2.08. The third kappa shape index (κ3) is 2.58. The van der Waals surface area contributed by atoms with Crippen molar-refractivity contribution in [2.75, 3.05) is 5.32 Å². The van der Waals surface area contributed by atoms with Crippen molar-refractivity contribution >= 4 is 17.3 Å². The largest absolute Gasteiger partial charge is 0.378 e. The van der Waals surface area contributed by atoms with Crippen molar-refractivity contribution < 1.29 is 0 Å². The molecule has 1 heterocycles. The molecule has 5 heteroatoms. The SMILES string of the molecule is Cn1nccc1CNc1cc(C#N)ccc1Cl. The van der Waals surface area contributed by atoms with Crippen LogP contribution in [-0.4, -0.2) is 9.78 Å². The molecular weight excluding hydrogens is 236 g/mol. The first-order valence-electron chi connectivity index (χ1n) is 5.11. The molecule has 1 aromatic carbocycles. The van der Waals surface area contributed by atoms with Crippen molar-refractivity contribution in [3.8, 4) is 6.07 Å². The minimum absolute atomic E-state index is 0.585. The molecule has 1 aromatic heterocycles. The maximum atomic E-state index is 8.81. The highest BCUT2D eigenvalue weighted by atomic mass is 35.5. The highest BCUT2D eigenvalue weighted by Gasteiger charge is 2.03. The number of aryl methyl sites for hydroxylation is 1. The summed E-state index contributed by atoms with van der Waals surface area (Å²) in [4.78, 5) is 0. The number of nitriles is 1. The number of anilines is 1. The molecule has 1 N–H and O–H groups in total. The average molecular weight is 247 g/mol. The van der Waals surface area contributed by atoms with Crippen LogP contribution in [0.4, 0.5) is 5.69 Å². The summed E-state index contributed by atoms with van der Waals surface area (Å²) in [6.45, 7) is 0.616. The molecule has 17 heavy (non-hydrogen) atoms. The zero-order valence-corrected chi connectivity index (χ0v) is 10.1. The topological polar surface area (TPSA) is 53.6 Å². The first-order chi connectivity index (χ1) is 8.20. The average Bonchev–Trinajstić information content (AvgIpc) is 2.74. The Bertz CT molecular complexity index is 568. The minimum Gasteiger partial charge on any atom is -0.378 e. The Morgan fingerprint density at radius 2 is 2.29 bits per heavy atom. The van der Waals surface area contributed by atoms with E-state index in [1.165, 1.54) is 0 Å². The molecule has 4 nitrogen and oxygen atoms in total. The number of benzene rings is 1. The second-order valence-electron chi connectivity index (χ2n) is 3.61. The molecule has 0 atom stereocenters. The molecule has 0 radical (unpaired) electrons. The van der Waals surface area contributed by atoms with Crippen LogP contribution in [-0.2, 0) is 13.6 Å². The summed E-state index contributed by atoms with van der Waals surface area (Å²) < 4.78 is 1.79.